The first-order valence-electron chi connectivity index (χ1n) is 5.86. The molecule has 0 N–H and O–H groups in total. The van der Waals surface area contributed by atoms with Crippen molar-refractivity contribution >= 4 is 5.78 Å². The number of rotatable bonds is 2. The summed E-state index contributed by atoms with van der Waals surface area (Å²) in [5.41, 5.74) is 1.50. The van der Waals surface area contributed by atoms with Crippen molar-refractivity contribution in [2.24, 2.45) is 0 Å². The van der Waals surface area contributed by atoms with Gasteiger partial charge >= 0.3 is 17.1 Å². The topological polar surface area (TPSA) is 17.1 Å². The maximum Gasteiger partial charge on any atom is 2.00 e. The summed E-state index contributed by atoms with van der Waals surface area (Å²) in [6.07, 6.45) is 0. The molecule has 0 spiro atoms. The van der Waals surface area contributed by atoms with Gasteiger partial charge in [-0.2, -0.15) is 30.3 Å². The van der Waals surface area contributed by atoms with Gasteiger partial charge in [0.25, 0.3) is 0 Å². The maximum atomic E-state index is 11.7. The molecule has 2 heteroatoms. The van der Waals surface area contributed by atoms with E-state index in [0.717, 1.165) is 11.1 Å². The first-order valence-corrected chi connectivity index (χ1v) is 5.86. The zero-order valence-electron chi connectivity index (χ0n) is 10.3. The molecule has 0 radical (unpaired) electrons. The molecule has 19 heavy (non-hydrogen) atoms. The van der Waals surface area contributed by atoms with Gasteiger partial charge in [0, 0.05) is 0 Å². The van der Waals surface area contributed by atoms with Gasteiger partial charge in [0.1, 0.15) is 5.78 Å². The van der Waals surface area contributed by atoms with E-state index < -0.39 is 0 Å². The molecule has 3 aromatic carbocycles. The van der Waals surface area contributed by atoms with Gasteiger partial charge in [0.2, 0.25) is 0 Å². The van der Waals surface area contributed by atoms with E-state index in [0.29, 0.717) is 0 Å². The van der Waals surface area contributed by atoms with Crippen molar-refractivity contribution in [3.63, 3.8) is 0 Å². The van der Waals surface area contributed by atoms with Gasteiger partial charge in [0.15, 0.2) is 0 Å². The first-order chi connectivity index (χ1) is 8.88. The van der Waals surface area contributed by atoms with Crippen LogP contribution in [-0.4, -0.2) is 5.78 Å². The molecule has 0 aliphatic carbocycles. The Morgan fingerprint density at radius 1 is 0.842 bits per heavy atom. The molecule has 3 aromatic rings. The van der Waals surface area contributed by atoms with Gasteiger partial charge in [0.05, 0.1) is 0 Å². The monoisotopic (exact) mass is 290 g/mol. The number of carbonyl (C=O) groups excluding carboxylic acids is 1. The summed E-state index contributed by atoms with van der Waals surface area (Å²) in [5.74, 6) is 0.0885. The Hall–Kier alpha value is -1.89. The van der Waals surface area contributed by atoms with Crippen LogP contribution in [0.25, 0.3) is 0 Å². The summed E-state index contributed by atoms with van der Waals surface area (Å²) in [6.45, 7) is 0. The quantitative estimate of drug-likeness (QED) is 0.395. The van der Waals surface area contributed by atoms with E-state index in [2.05, 4.69) is 0 Å². The summed E-state index contributed by atoms with van der Waals surface area (Å²) in [4.78, 5) is 11.7. The van der Waals surface area contributed by atoms with Crippen molar-refractivity contribution in [2.45, 2.75) is 0 Å². The van der Waals surface area contributed by atoms with Crippen molar-refractivity contribution in [2.75, 3.05) is 0 Å². The van der Waals surface area contributed by atoms with Crippen LogP contribution in [0.5, 0.6) is 0 Å². The van der Waals surface area contributed by atoms with Crippen molar-refractivity contribution in [1.82, 2.24) is 0 Å². The molecular weight excluding hydrogens is 276 g/mol. The first kappa shape index (κ1) is 15.2. The molecule has 0 saturated carbocycles. The standard InChI is InChI=1S/C12H9O.C5H5.Fe/c13-12(11-8-4-5-9-11)10-6-2-1-3-7-10;1-2-4-5-3-1;/h1-9H;1-5H;/q2*-1;+2. The minimum atomic E-state index is 0. The SMILES string of the molecule is O=C(c1ccccc1)[c-]1cccc1.[Fe+2].c1cc[cH-]c1. The van der Waals surface area contributed by atoms with Crippen LogP contribution in [-0.2, 0) is 17.1 Å². The molecule has 0 saturated heterocycles. The predicted molar refractivity (Wildman–Crippen MR) is 73.9 cm³/mol. The van der Waals surface area contributed by atoms with Crippen LogP contribution in [0, 0.1) is 0 Å². The summed E-state index contributed by atoms with van der Waals surface area (Å²) in [6, 6.07) is 26.7. The fourth-order valence-electron chi connectivity index (χ4n) is 1.60. The van der Waals surface area contributed by atoms with Crippen molar-refractivity contribution < 1.29 is 21.9 Å². The van der Waals surface area contributed by atoms with E-state index in [1.807, 2.05) is 84.9 Å². The van der Waals surface area contributed by atoms with Crippen LogP contribution >= 0.6 is 0 Å². The third-order valence-electron chi connectivity index (χ3n) is 2.52. The average Bonchev–Trinajstić information content (AvgIpc) is 3.14. The van der Waals surface area contributed by atoms with E-state index in [4.69, 9.17) is 0 Å². The van der Waals surface area contributed by atoms with E-state index in [1.165, 1.54) is 0 Å². The second-order valence-electron chi connectivity index (χ2n) is 3.83. The minimum Gasteiger partial charge on any atom is -0.311 e. The van der Waals surface area contributed by atoms with Crippen LogP contribution in [0.2, 0.25) is 0 Å². The Morgan fingerprint density at radius 2 is 1.42 bits per heavy atom. The average molecular weight is 290 g/mol. The van der Waals surface area contributed by atoms with Crippen molar-refractivity contribution in [1.29, 1.82) is 0 Å². The van der Waals surface area contributed by atoms with Crippen LogP contribution in [0.3, 0.4) is 0 Å². The largest absolute Gasteiger partial charge is 2.00 e. The number of hydrogen-bond donors (Lipinski definition) is 0. The molecule has 0 unspecified atom stereocenters. The number of carbonyl (C=O) groups is 1. The number of ketones is 1. The summed E-state index contributed by atoms with van der Waals surface area (Å²) in [7, 11) is 0. The van der Waals surface area contributed by atoms with Crippen LogP contribution in [0.4, 0.5) is 0 Å². The van der Waals surface area contributed by atoms with Gasteiger partial charge in [-0.3, -0.25) is 0 Å². The second kappa shape index (κ2) is 8.25. The Labute approximate surface area is 124 Å². The normalized spacial score (nSPS) is 8.84. The van der Waals surface area contributed by atoms with Crippen molar-refractivity contribution in [3.05, 3.63) is 96.1 Å². The Balaban J connectivity index is 0.000000256. The molecule has 0 atom stereocenters. The smallest absolute Gasteiger partial charge is 0.311 e. The molecule has 0 bridgehead atoms. The predicted octanol–water partition coefficient (Wildman–Crippen LogP) is 4.04. The molecule has 96 valence electrons. The van der Waals surface area contributed by atoms with Crippen LogP contribution in [0.15, 0.2) is 84.9 Å². The molecule has 1 nitrogen and oxygen atoms in total. The van der Waals surface area contributed by atoms with E-state index >= 15 is 0 Å². The van der Waals surface area contributed by atoms with Gasteiger partial charge in [-0.1, -0.05) is 41.5 Å². The number of benzene rings is 1. The second-order valence-corrected chi connectivity index (χ2v) is 3.83. The fraction of sp³-hybridized carbons (Fsp3) is 0. The zero-order chi connectivity index (χ0) is 12.6. The third-order valence-corrected chi connectivity index (χ3v) is 2.52. The van der Waals surface area contributed by atoms with E-state index in [-0.39, 0.29) is 22.9 Å². The van der Waals surface area contributed by atoms with Crippen molar-refractivity contribution in [3.8, 4) is 0 Å². The summed E-state index contributed by atoms with van der Waals surface area (Å²) < 4.78 is 0. The van der Waals surface area contributed by atoms with Gasteiger partial charge in [-0.05, 0) is 0 Å². The molecule has 0 aromatic heterocycles. The van der Waals surface area contributed by atoms with E-state index in [1.54, 1.807) is 0 Å². The summed E-state index contributed by atoms with van der Waals surface area (Å²) in [5, 5.41) is 0. The van der Waals surface area contributed by atoms with Gasteiger partial charge < -0.3 is 4.79 Å². The van der Waals surface area contributed by atoms with Crippen LogP contribution < -0.4 is 0 Å². The molecule has 0 fully saturated rings. The fourth-order valence-corrected chi connectivity index (χ4v) is 1.60. The molecule has 0 amide bonds. The Morgan fingerprint density at radius 3 is 1.89 bits per heavy atom. The minimum absolute atomic E-state index is 0. The third kappa shape index (κ3) is 4.70. The Kier molecular flexibility index (Phi) is 6.59. The number of hydrogen-bond acceptors (Lipinski definition) is 1. The molecular formula is C17H14FeO. The zero-order valence-corrected chi connectivity index (χ0v) is 11.4. The Bertz CT molecular complexity index is 533. The maximum absolute atomic E-state index is 11.7. The molecule has 0 heterocycles. The molecule has 0 aliphatic heterocycles. The van der Waals surface area contributed by atoms with Gasteiger partial charge in [-0.15, -0.1) is 12.1 Å². The summed E-state index contributed by atoms with van der Waals surface area (Å²) >= 11 is 0. The molecule has 0 aliphatic rings. The van der Waals surface area contributed by atoms with E-state index in [9.17, 15) is 4.79 Å². The molecule has 3 rings (SSSR count). The van der Waals surface area contributed by atoms with Crippen LogP contribution in [0.1, 0.15) is 15.9 Å². The van der Waals surface area contributed by atoms with Gasteiger partial charge in [-0.25, -0.2) is 12.1 Å².